The predicted octanol–water partition coefficient (Wildman–Crippen LogP) is 1.36. The number of aromatic nitrogens is 2. The van der Waals surface area contributed by atoms with Gasteiger partial charge in [0.05, 0.1) is 25.3 Å². The van der Waals surface area contributed by atoms with Crippen molar-refractivity contribution < 1.29 is 9.53 Å². The summed E-state index contributed by atoms with van der Waals surface area (Å²) in [4.78, 5) is 23.7. The second-order valence-corrected chi connectivity index (χ2v) is 6.38. The van der Waals surface area contributed by atoms with Gasteiger partial charge in [0.2, 0.25) is 0 Å². The number of thiazole rings is 1. The molecule has 23 heavy (non-hydrogen) atoms. The Hall–Kier alpha value is -2.09. The largest absolute Gasteiger partial charge is 0.469 e. The van der Waals surface area contributed by atoms with Crippen molar-refractivity contribution in [3.05, 3.63) is 23.5 Å². The van der Waals surface area contributed by atoms with E-state index in [2.05, 4.69) is 20.2 Å². The highest BCUT2D eigenvalue weighted by atomic mass is 32.1. The van der Waals surface area contributed by atoms with Gasteiger partial charge in [-0.15, -0.1) is 11.3 Å². The average molecular weight is 335 g/mol. The Balaban J connectivity index is 1.54. The standard InChI is InChI=1S/C15H21N5O2S/c1-16-14(19-5-3-11(4-6-19)13(21)22-2)17-9-12-10-20-7-8-23-15(20)18-12/h7-8,10-11H,3-6,9H2,1-2H3,(H,16,17). The van der Waals surface area contributed by atoms with Gasteiger partial charge in [0.15, 0.2) is 10.9 Å². The van der Waals surface area contributed by atoms with E-state index in [0.717, 1.165) is 42.5 Å². The summed E-state index contributed by atoms with van der Waals surface area (Å²) in [5, 5.41) is 5.37. The number of ether oxygens (including phenoxy) is 1. The SMILES string of the molecule is CN=C(NCc1cn2ccsc2n1)N1CCC(C(=O)OC)CC1. The number of imidazole rings is 1. The lowest BCUT2D eigenvalue weighted by Gasteiger charge is -2.33. The van der Waals surface area contributed by atoms with E-state index in [0.29, 0.717) is 6.54 Å². The van der Waals surface area contributed by atoms with Crippen molar-refractivity contribution in [3.63, 3.8) is 0 Å². The van der Waals surface area contributed by atoms with Crippen LogP contribution in [0.3, 0.4) is 0 Å². The van der Waals surface area contributed by atoms with Crippen LogP contribution in [0, 0.1) is 5.92 Å². The Morgan fingerprint density at radius 1 is 1.52 bits per heavy atom. The number of guanidine groups is 1. The summed E-state index contributed by atoms with van der Waals surface area (Å²) in [5.74, 6) is 0.754. The minimum Gasteiger partial charge on any atom is -0.469 e. The van der Waals surface area contributed by atoms with Crippen molar-refractivity contribution in [3.8, 4) is 0 Å². The molecule has 0 amide bonds. The maximum Gasteiger partial charge on any atom is 0.308 e. The lowest BCUT2D eigenvalue weighted by molar-refractivity contribution is -0.146. The van der Waals surface area contributed by atoms with Crippen LogP contribution in [0.1, 0.15) is 18.5 Å². The van der Waals surface area contributed by atoms with E-state index < -0.39 is 0 Å². The number of methoxy groups -OCH3 is 1. The fraction of sp³-hybridized carbons (Fsp3) is 0.533. The van der Waals surface area contributed by atoms with Crippen molar-refractivity contribution in [2.24, 2.45) is 10.9 Å². The highest BCUT2D eigenvalue weighted by molar-refractivity contribution is 7.15. The molecule has 0 atom stereocenters. The number of piperidine rings is 1. The Morgan fingerprint density at radius 3 is 2.96 bits per heavy atom. The Bertz CT molecular complexity index is 671. The zero-order chi connectivity index (χ0) is 16.2. The summed E-state index contributed by atoms with van der Waals surface area (Å²) >= 11 is 1.62. The third kappa shape index (κ3) is 3.47. The van der Waals surface area contributed by atoms with E-state index >= 15 is 0 Å². The molecule has 8 heteroatoms. The van der Waals surface area contributed by atoms with Gasteiger partial charge in [-0.3, -0.25) is 14.2 Å². The molecule has 2 aromatic rings. The molecule has 0 aliphatic carbocycles. The van der Waals surface area contributed by atoms with Crippen molar-refractivity contribution >= 4 is 28.2 Å². The van der Waals surface area contributed by atoms with Crippen LogP contribution in [0.2, 0.25) is 0 Å². The van der Waals surface area contributed by atoms with Crippen LogP contribution >= 0.6 is 11.3 Å². The maximum atomic E-state index is 11.6. The second kappa shape index (κ2) is 6.99. The fourth-order valence-electron chi connectivity index (χ4n) is 2.86. The first-order valence-corrected chi connectivity index (χ1v) is 8.53. The molecule has 1 aliphatic rings. The van der Waals surface area contributed by atoms with E-state index in [-0.39, 0.29) is 11.9 Å². The number of hydrogen-bond donors (Lipinski definition) is 1. The number of fused-ring (bicyclic) bond motifs is 1. The summed E-state index contributed by atoms with van der Waals surface area (Å²) in [6, 6.07) is 0. The topological polar surface area (TPSA) is 71.2 Å². The minimum atomic E-state index is -0.106. The first-order valence-electron chi connectivity index (χ1n) is 7.65. The summed E-state index contributed by atoms with van der Waals surface area (Å²) < 4.78 is 6.85. The molecule has 0 aromatic carbocycles. The first kappa shape index (κ1) is 15.8. The van der Waals surface area contributed by atoms with E-state index in [1.165, 1.54) is 7.11 Å². The predicted molar refractivity (Wildman–Crippen MR) is 89.6 cm³/mol. The number of hydrogen-bond acceptors (Lipinski definition) is 5. The maximum absolute atomic E-state index is 11.6. The normalized spacial score (nSPS) is 16.8. The van der Waals surface area contributed by atoms with Crippen LogP contribution in [0.4, 0.5) is 0 Å². The fourth-order valence-corrected chi connectivity index (χ4v) is 3.58. The molecule has 1 N–H and O–H groups in total. The van der Waals surface area contributed by atoms with Crippen LogP contribution in [0.15, 0.2) is 22.8 Å². The van der Waals surface area contributed by atoms with Gasteiger partial charge in [-0.25, -0.2) is 4.98 Å². The van der Waals surface area contributed by atoms with Crippen LogP contribution < -0.4 is 5.32 Å². The number of esters is 1. The zero-order valence-corrected chi connectivity index (χ0v) is 14.2. The molecule has 0 spiro atoms. The monoisotopic (exact) mass is 335 g/mol. The summed E-state index contributed by atoms with van der Waals surface area (Å²) in [6.45, 7) is 2.24. The molecule has 2 aromatic heterocycles. The van der Waals surface area contributed by atoms with Crippen LogP contribution in [0.5, 0.6) is 0 Å². The quantitative estimate of drug-likeness (QED) is 0.521. The number of carbonyl (C=O) groups excluding carboxylic acids is 1. The Labute approximate surface area is 139 Å². The highest BCUT2D eigenvalue weighted by Crippen LogP contribution is 2.18. The number of nitrogens with zero attached hydrogens (tertiary/aromatic N) is 4. The first-order chi connectivity index (χ1) is 11.2. The lowest BCUT2D eigenvalue weighted by atomic mass is 9.97. The van der Waals surface area contributed by atoms with Crippen molar-refractivity contribution in [1.82, 2.24) is 19.6 Å². The number of nitrogens with one attached hydrogen (secondary N) is 1. The highest BCUT2D eigenvalue weighted by Gasteiger charge is 2.26. The van der Waals surface area contributed by atoms with Gasteiger partial charge in [-0.1, -0.05) is 0 Å². The molecule has 0 bridgehead atoms. The van der Waals surface area contributed by atoms with E-state index in [9.17, 15) is 4.79 Å². The van der Waals surface area contributed by atoms with Crippen molar-refractivity contribution in [2.45, 2.75) is 19.4 Å². The smallest absolute Gasteiger partial charge is 0.308 e. The van der Waals surface area contributed by atoms with Crippen LogP contribution in [0.25, 0.3) is 4.96 Å². The summed E-state index contributed by atoms with van der Waals surface area (Å²) in [5.41, 5.74) is 0.988. The van der Waals surface area contributed by atoms with Crippen LogP contribution in [-0.2, 0) is 16.1 Å². The van der Waals surface area contributed by atoms with E-state index in [4.69, 9.17) is 4.74 Å². The Kier molecular flexibility index (Phi) is 4.80. The third-order valence-corrected chi connectivity index (χ3v) is 4.88. The van der Waals surface area contributed by atoms with Gasteiger partial charge in [0.25, 0.3) is 0 Å². The number of likely N-dealkylation sites (tertiary alicyclic amines) is 1. The summed E-state index contributed by atoms with van der Waals surface area (Å²) in [6.07, 6.45) is 5.62. The molecule has 3 heterocycles. The Morgan fingerprint density at radius 2 is 2.30 bits per heavy atom. The van der Waals surface area contributed by atoms with Gasteiger partial charge in [0.1, 0.15) is 0 Å². The molecule has 124 valence electrons. The second-order valence-electron chi connectivity index (χ2n) is 5.51. The molecule has 1 fully saturated rings. The van der Waals surface area contributed by atoms with Gasteiger partial charge in [-0.2, -0.15) is 0 Å². The minimum absolute atomic E-state index is 0.00860. The molecule has 1 aliphatic heterocycles. The molecule has 0 unspecified atom stereocenters. The van der Waals surface area contributed by atoms with E-state index in [1.54, 1.807) is 18.4 Å². The molecule has 7 nitrogen and oxygen atoms in total. The summed E-state index contributed by atoms with van der Waals surface area (Å²) in [7, 11) is 3.23. The molecular formula is C15H21N5O2S. The lowest BCUT2D eigenvalue weighted by Crippen LogP contribution is -2.46. The van der Waals surface area contributed by atoms with Crippen LogP contribution in [-0.4, -0.2) is 53.5 Å². The van der Waals surface area contributed by atoms with E-state index in [1.807, 2.05) is 22.2 Å². The average Bonchev–Trinajstić information content (AvgIpc) is 3.16. The molecule has 3 rings (SSSR count). The van der Waals surface area contributed by atoms with Gasteiger partial charge < -0.3 is 15.0 Å². The van der Waals surface area contributed by atoms with Crippen molar-refractivity contribution in [1.29, 1.82) is 0 Å². The third-order valence-electron chi connectivity index (χ3n) is 4.11. The molecule has 0 radical (unpaired) electrons. The van der Waals surface area contributed by atoms with Gasteiger partial charge >= 0.3 is 5.97 Å². The number of carbonyl (C=O) groups is 1. The van der Waals surface area contributed by atoms with Crippen molar-refractivity contribution in [2.75, 3.05) is 27.2 Å². The molecule has 1 saturated heterocycles. The zero-order valence-electron chi connectivity index (χ0n) is 13.4. The molecule has 0 saturated carbocycles. The van der Waals surface area contributed by atoms with Gasteiger partial charge in [-0.05, 0) is 12.8 Å². The van der Waals surface area contributed by atoms with Gasteiger partial charge in [0, 0.05) is 37.9 Å². The number of rotatable bonds is 3. The molecular weight excluding hydrogens is 314 g/mol. The number of aliphatic imine (C=N–C) groups is 1.